The molecule has 0 saturated carbocycles. The molecule has 104 valence electrons. The molecular weight excluding hydrogens is 277 g/mol. The number of benzene rings is 1. The lowest BCUT2D eigenvalue weighted by Gasteiger charge is -2.07. The first kappa shape index (κ1) is 13.2. The number of hydrogen-bond donors (Lipinski definition) is 2. The molecule has 2 heterocycles. The maximum atomic E-state index is 12.8. The topological polar surface area (TPSA) is 57.8 Å². The number of aromatic amines is 1. The number of fused-ring (bicyclic) bond motifs is 1. The van der Waals surface area contributed by atoms with Gasteiger partial charge >= 0.3 is 0 Å². The lowest BCUT2D eigenvalue weighted by Crippen LogP contribution is -2.18. The van der Waals surface area contributed by atoms with Crippen LogP contribution in [0, 0.1) is 5.82 Å². The third kappa shape index (κ3) is 2.85. The first-order valence-electron chi connectivity index (χ1n) is 6.40. The fourth-order valence-electron chi connectivity index (χ4n) is 2.12. The van der Waals surface area contributed by atoms with Crippen molar-refractivity contribution in [2.45, 2.75) is 17.9 Å². The predicted octanol–water partition coefficient (Wildman–Crippen LogP) is 2.31. The van der Waals surface area contributed by atoms with Gasteiger partial charge in [0.25, 0.3) is 5.56 Å². The molecule has 1 aliphatic rings. The summed E-state index contributed by atoms with van der Waals surface area (Å²) < 4.78 is 12.8. The van der Waals surface area contributed by atoms with Gasteiger partial charge in [0.2, 0.25) is 5.95 Å². The van der Waals surface area contributed by atoms with Gasteiger partial charge < -0.3 is 5.32 Å². The molecule has 0 aliphatic carbocycles. The molecule has 0 fully saturated rings. The minimum absolute atomic E-state index is 0.0516. The van der Waals surface area contributed by atoms with Crippen LogP contribution in [0.25, 0.3) is 0 Å². The van der Waals surface area contributed by atoms with E-state index in [1.54, 1.807) is 23.9 Å². The number of anilines is 1. The van der Waals surface area contributed by atoms with Gasteiger partial charge in [-0.3, -0.25) is 9.78 Å². The van der Waals surface area contributed by atoms with Gasteiger partial charge in [0.1, 0.15) is 5.82 Å². The molecule has 0 spiro atoms. The Morgan fingerprint density at radius 3 is 2.90 bits per heavy atom. The van der Waals surface area contributed by atoms with E-state index in [2.05, 4.69) is 15.3 Å². The summed E-state index contributed by atoms with van der Waals surface area (Å²) >= 11 is 1.70. The number of aromatic nitrogens is 2. The average Bonchev–Trinajstić information content (AvgIpc) is 2.90. The Labute approximate surface area is 119 Å². The molecule has 0 bridgehead atoms. The molecular formula is C14H14FN3OS. The predicted molar refractivity (Wildman–Crippen MR) is 78.5 cm³/mol. The highest BCUT2D eigenvalue weighted by Gasteiger charge is 2.17. The van der Waals surface area contributed by atoms with Crippen LogP contribution in [-0.2, 0) is 17.9 Å². The highest BCUT2D eigenvalue weighted by Crippen LogP contribution is 2.25. The Hall–Kier alpha value is -1.82. The molecule has 4 nitrogen and oxygen atoms in total. The van der Waals surface area contributed by atoms with Crippen LogP contribution in [0.3, 0.4) is 0 Å². The fourth-order valence-corrected chi connectivity index (χ4v) is 3.16. The smallest absolute Gasteiger partial charge is 0.256 e. The molecule has 0 unspecified atom stereocenters. The largest absolute Gasteiger partial charge is 0.355 e. The maximum Gasteiger partial charge on any atom is 0.256 e. The summed E-state index contributed by atoms with van der Waals surface area (Å²) in [7, 11) is 0. The Morgan fingerprint density at radius 2 is 2.10 bits per heavy atom. The zero-order valence-electron chi connectivity index (χ0n) is 10.8. The molecule has 3 rings (SSSR count). The zero-order chi connectivity index (χ0) is 13.9. The van der Waals surface area contributed by atoms with E-state index >= 15 is 0 Å². The lowest BCUT2D eigenvalue weighted by atomic mass is 10.1. The summed E-state index contributed by atoms with van der Waals surface area (Å²) in [5.41, 5.74) is 2.66. The fraction of sp³-hybridized carbons (Fsp3) is 0.286. The second kappa shape index (κ2) is 5.66. The Kier molecular flexibility index (Phi) is 3.73. The van der Waals surface area contributed by atoms with Gasteiger partial charge in [-0.15, -0.1) is 0 Å². The highest BCUT2D eigenvalue weighted by atomic mass is 32.2. The summed E-state index contributed by atoms with van der Waals surface area (Å²) in [6.45, 7) is 0.639. The van der Waals surface area contributed by atoms with Crippen molar-refractivity contribution in [3.63, 3.8) is 0 Å². The van der Waals surface area contributed by atoms with Gasteiger partial charge in [0.05, 0.1) is 5.69 Å². The number of hydrogen-bond acceptors (Lipinski definition) is 4. The third-order valence-electron chi connectivity index (χ3n) is 3.21. The second-order valence-corrected chi connectivity index (χ2v) is 5.62. The first-order valence-corrected chi connectivity index (χ1v) is 7.56. The van der Waals surface area contributed by atoms with E-state index < -0.39 is 0 Å². The first-order chi connectivity index (χ1) is 9.72. The maximum absolute atomic E-state index is 12.8. The van der Waals surface area contributed by atoms with Crippen LogP contribution < -0.4 is 10.9 Å². The zero-order valence-corrected chi connectivity index (χ0v) is 11.6. The Bertz CT molecular complexity index is 669. The van der Waals surface area contributed by atoms with E-state index in [-0.39, 0.29) is 11.4 Å². The van der Waals surface area contributed by atoms with Gasteiger partial charge in [0, 0.05) is 23.6 Å². The van der Waals surface area contributed by atoms with Gasteiger partial charge in [-0.2, -0.15) is 11.8 Å². The molecule has 1 aromatic carbocycles. The van der Waals surface area contributed by atoms with Crippen molar-refractivity contribution in [3.05, 3.63) is 57.3 Å². The van der Waals surface area contributed by atoms with Crippen LogP contribution in [0.1, 0.15) is 16.8 Å². The second-order valence-electron chi connectivity index (χ2n) is 4.64. The molecule has 0 amide bonds. The Morgan fingerprint density at radius 1 is 1.30 bits per heavy atom. The number of nitrogens with zero attached hydrogens (tertiary/aromatic N) is 1. The van der Waals surface area contributed by atoms with Gasteiger partial charge in [-0.05, 0) is 24.1 Å². The summed E-state index contributed by atoms with van der Waals surface area (Å²) in [4.78, 5) is 19.0. The normalized spacial score (nSPS) is 13.2. The summed E-state index contributed by atoms with van der Waals surface area (Å²) in [5, 5.41) is 3.11. The van der Waals surface area contributed by atoms with E-state index in [1.165, 1.54) is 12.1 Å². The van der Waals surface area contributed by atoms with E-state index in [4.69, 9.17) is 0 Å². The van der Waals surface area contributed by atoms with Crippen molar-refractivity contribution in [2.75, 3.05) is 11.9 Å². The number of halogens is 1. The van der Waals surface area contributed by atoms with Crippen molar-refractivity contribution in [3.8, 4) is 0 Å². The number of rotatable bonds is 4. The van der Waals surface area contributed by atoms with Gasteiger partial charge in [-0.25, -0.2) is 9.37 Å². The van der Waals surface area contributed by atoms with E-state index in [0.717, 1.165) is 34.7 Å². The van der Waals surface area contributed by atoms with Crippen molar-refractivity contribution >= 4 is 17.7 Å². The van der Waals surface area contributed by atoms with Crippen molar-refractivity contribution in [2.24, 2.45) is 0 Å². The quantitative estimate of drug-likeness (QED) is 0.907. The molecule has 0 atom stereocenters. The van der Waals surface area contributed by atoms with Crippen molar-refractivity contribution in [1.82, 2.24) is 9.97 Å². The molecule has 2 N–H and O–H groups in total. The van der Waals surface area contributed by atoms with Crippen LogP contribution in [0.2, 0.25) is 0 Å². The third-order valence-corrected chi connectivity index (χ3v) is 4.18. The minimum atomic E-state index is -0.233. The van der Waals surface area contributed by atoms with Crippen LogP contribution in [0.5, 0.6) is 0 Å². The number of H-pyrrole nitrogens is 1. The van der Waals surface area contributed by atoms with Crippen LogP contribution in [0.15, 0.2) is 29.1 Å². The standard InChI is InChI=1S/C14H14FN3OS/c15-10-3-1-9(2-4-10)5-6-16-14-17-12-8-20-7-11(12)13(19)18-14/h1-4H,5-8H2,(H2,16,17,18,19). The molecule has 1 aliphatic heterocycles. The molecule has 0 saturated heterocycles. The minimum Gasteiger partial charge on any atom is -0.355 e. The highest BCUT2D eigenvalue weighted by molar-refractivity contribution is 7.98. The summed E-state index contributed by atoms with van der Waals surface area (Å²) in [6.07, 6.45) is 0.746. The van der Waals surface area contributed by atoms with Crippen molar-refractivity contribution in [1.29, 1.82) is 0 Å². The molecule has 20 heavy (non-hydrogen) atoms. The van der Waals surface area contributed by atoms with Crippen LogP contribution in [-0.4, -0.2) is 16.5 Å². The van der Waals surface area contributed by atoms with E-state index in [0.29, 0.717) is 12.5 Å². The van der Waals surface area contributed by atoms with Crippen LogP contribution >= 0.6 is 11.8 Å². The molecule has 1 aromatic heterocycles. The van der Waals surface area contributed by atoms with E-state index in [9.17, 15) is 9.18 Å². The van der Waals surface area contributed by atoms with E-state index in [1.807, 2.05) is 0 Å². The average molecular weight is 291 g/mol. The van der Waals surface area contributed by atoms with Crippen molar-refractivity contribution < 1.29 is 4.39 Å². The SMILES string of the molecule is O=c1[nH]c(NCCc2ccc(F)cc2)nc2c1CSC2. The monoisotopic (exact) mass is 291 g/mol. The number of thioether (sulfide) groups is 1. The molecule has 0 radical (unpaired) electrons. The number of nitrogens with one attached hydrogen (secondary N) is 2. The summed E-state index contributed by atoms with van der Waals surface area (Å²) in [5.74, 6) is 1.82. The molecule has 2 aromatic rings. The Balaban J connectivity index is 1.63. The lowest BCUT2D eigenvalue weighted by molar-refractivity contribution is 0.627. The van der Waals surface area contributed by atoms with Gasteiger partial charge in [0.15, 0.2) is 0 Å². The summed E-state index contributed by atoms with van der Waals surface area (Å²) in [6, 6.07) is 6.41. The van der Waals surface area contributed by atoms with Gasteiger partial charge in [-0.1, -0.05) is 12.1 Å². The van der Waals surface area contributed by atoms with Crippen LogP contribution in [0.4, 0.5) is 10.3 Å². The molecule has 6 heteroatoms.